The summed E-state index contributed by atoms with van der Waals surface area (Å²) in [4.78, 5) is 46.9. The monoisotopic (exact) mass is 403 g/mol. The van der Waals surface area contributed by atoms with Crippen molar-refractivity contribution in [3.8, 4) is 0 Å². The molecule has 7 nitrogen and oxygen atoms in total. The Kier molecular flexibility index (Phi) is 7.71. The van der Waals surface area contributed by atoms with Gasteiger partial charge in [0.1, 0.15) is 0 Å². The molecule has 0 saturated heterocycles. The summed E-state index contributed by atoms with van der Waals surface area (Å²) in [6.45, 7) is -0.479. The van der Waals surface area contributed by atoms with Crippen LogP contribution in [0.3, 0.4) is 0 Å². The lowest BCUT2D eigenvalue weighted by Crippen LogP contribution is -2.21. The second kappa shape index (κ2) is 10.2. The number of carbonyl (C=O) groups is 4. The highest BCUT2D eigenvalue weighted by molar-refractivity contribution is 6.30. The number of amides is 1. The van der Waals surface area contributed by atoms with Crippen LogP contribution in [0.2, 0.25) is 5.02 Å². The molecular formula is C20H18ClNO6. The normalized spacial score (nSPS) is 10.1. The summed E-state index contributed by atoms with van der Waals surface area (Å²) in [5.74, 6) is -1.90. The van der Waals surface area contributed by atoms with Gasteiger partial charge in [-0.3, -0.25) is 14.4 Å². The van der Waals surface area contributed by atoms with Crippen molar-refractivity contribution in [2.75, 3.05) is 19.0 Å². The highest BCUT2D eigenvalue weighted by Gasteiger charge is 2.12. The highest BCUT2D eigenvalue weighted by atomic mass is 35.5. The first-order valence-corrected chi connectivity index (χ1v) is 8.69. The quantitative estimate of drug-likeness (QED) is 0.536. The van der Waals surface area contributed by atoms with Gasteiger partial charge in [-0.15, -0.1) is 0 Å². The molecule has 0 saturated carbocycles. The Labute approximate surface area is 166 Å². The maximum Gasteiger partial charge on any atom is 0.337 e. The molecule has 0 heterocycles. The van der Waals surface area contributed by atoms with E-state index in [0.29, 0.717) is 21.8 Å². The molecule has 146 valence electrons. The molecule has 0 aliphatic heterocycles. The molecule has 2 aromatic carbocycles. The van der Waals surface area contributed by atoms with Crippen molar-refractivity contribution < 1.29 is 28.7 Å². The molecule has 0 unspecified atom stereocenters. The molecule has 2 rings (SSSR count). The van der Waals surface area contributed by atoms with E-state index in [4.69, 9.17) is 16.3 Å². The summed E-state index contributed by atoms with van der Waals surface area (Å²) in [5.41, 5.74) is 1.23. The summed E-state index contributed by atoms with van der Waals surface area (Å²) < 4.78 is 9.44. The van der Waals surface area contributed by atoms with Gasteiger partial charge >= 0.3 is 11.9 Å². The van der Waals surface area contributed by atoms with Gasteiger partial charge in [0.05, 0.1) is 19.1 Å². The Morgan fingerprint density at radius 2 is 1.50 bits per heavy atom. The number of esters is 2. The second-order valence-corrected chi connectivity index (χ2v) is 6.14. The van der Waals surface area contributed by atoms with E-state index in [2.05, 4.69) is 10.1 Å². The standard InChI is InChI=1S/C20H18ClNO6/c1-27-20(26)14-4-8-16(9-5-14)22-18(24)12-28-19(25)11-10-17(23)13-2-6-15(21)7-3-13/h2-9H,10-12H2,1H3,(H,22,24). The summed E-state index contributed by atoms with van der Waals surface area (Å²) in [7, 11) is 1.27. The zero-order valence-corrected chi connectivity index (χ0v) is 15.8. The zero-order chi connectivity index (χ0) is 20.5. The lowest BCUT2D eigenvalue weighted by molar-refractivity contribution is -0.147. The number of nitrogens with one attached hydrogen (secondary N) is 1. The Hall–Kier alpha value is -3.19. The largest absolute Gasteiger partial charge is 0.465 e. The smallest absolute Gasteiger partial charge is 0.337 e. The minimum atomic E-state index is -0.654. The van der Waals surface area contributed by atoms with Crippen LogP contribution >= 0.6 is 11.6 Å². The first kappa shape index (κ1) is 21.1. The van der Waals surface area contributed by atoms with E-state index in [1.807, 2.05) is 0 Å². The Morgan fingerprint density at radius 1 is 0.893 bits per heavy atom. The minimum Gasteiger partial charge on any atom is -0.465 e. The van der Waals surface area contributed by atoms with Gasteiger partial charge in [0, 0.05) is 22.7 Å². The van der Waals surface area contributed by atoms with E-state index >= 15 is 0 Å². The molecule has 0 spiro atoms. The molecule has 0 aliphatic carbocycles. The van der Waals surface area contributed by atoms with Gasteiger partial charge in [0.25, 0.3) is 5.91 Å². The molecule has 1 N–H and O–H groups in total. The average Bonchev–Trinajstić information content (AvgIpc) is 2.71. The Morgan fingerprint density at radius 3 is 2.11 bits per heavy atom. The van der Waals surface area contributed by atoms with Crippen LogP contribution in [0.5, 0.6) is 0 Å². The van der Waals surface area contributed by atoms with Crippen LogP contribution < -0.4 is 5.32 Å². The summed E-state index contributed by atoms with van der Waals surface area (Å²) in [6, 6.07) is 12.4. The first-order valence-electron chi connectivity index (χ1n) is 8.31. The number of methoxy groups -OCH3 is 1. The zero-order valence-electron chi connectivity index (χ0n) is 15.1. The van der Waals surface area contributed by atoms with Gasteiger partial charge in [-0.2, -0.15) is 0 Å². The summed E-state index contributed by atoms with van der Waals surface area (Å²) in [5, 5.41) is 3.05. The SMILES string of the molecule is COC(=O)c1ccc(NC(=O)COC(=O)CCC(=O)c2ccc(Cl)cc2)cc1. The van der Waals surface area contributed by atoms with E-state index in [9.17, 15) is 19.2 Å². The molecule has 0 radical (unpaired) electrons. The van der Waals surface area contributed by atoms with Crippen LogP contribution in [0.25, 0.3) is 0 Å². The predicted molar refractivity (Wildman–Crippen MR) is 102 cm³/mol. The molecule has 2 aromatic rings. The van der Waals surface area contributed by atoms with Gasteiger partial charge in [-0.05, 0) is 48.5 Å². The second-order valence-electron chi connectivity index (χ2n) is 5.71. The number of Topliss-reactive ketones (excluding diaryl/α,β-unsaturated/α-hetero) is 1. The maximum atomic E-state index is 12.0. The number of hydrogen-bond acceptors (Lipinski definition) is 6. The van der Waals surface area contributed by atoms with Crippen molar-refractivity contribution >= 4 is 40.9 Å². The maximum absolute atomic E-state index is 12.0. The molecule has 1 amide bonds. The number of halogens is 1. The predicted octanol–water partition coefficient (Wildman–Crippen LogP) is 3.27. The summed E-state index contributed by atoms with van der Waals surface area (Å²) >= 11 is 5.76. The van der Waals surface area contributed by atoms with E-state index in [1.54, 1.807) is 24.3 Å². The number of ether oxygens (including phenoxy) is 2. The molecule has 28 heavy (non-hydrogen) atoms. The van der Waals surface area contributed by atoms with Crippen LogP contribution in [0, 0.1) is 0 Å². The fraction of sp³-hybridized carbons (Fsp3) is 0.200. The molecule has 0 bridgehead atoms. The van der Waals surface area contributed by atoms with E-state index < -0.39 is 24.5 Å². The lowest BCUT2D eigenvalue weighted by atomic mass is 10.1. The van der Waals surface area contributed by atoms with Crippen molar-refractivity contribution in [3.05, 3.63) is 64.7 Å². The highest BCUT2D eigenvalue weighted by Crippen LogP contribution is 2.13. The fourth-order valence-electron chi connectivity index (χ4n) is 2.22. The van der Waals surface area contributed by atoms with Gasteiger partial charge in [-0.25, -0.2) is 4.79 Å². The molecule has 0 fully saturated rings. The van der Waals surface area contributed by atoms with Gasteiger partial charge in [0.15, 0.2) is 12.4 Å². The van der Waals surface area contributed by atoms with Gasteiger partial charge in [0.2, 0.25) is 0 Å². The Bertz CT molecular complexity index is 861. The van der Waals surface area contributed by atoms with Crippen LogP contribution in [-0.2, 0) is 19.1 Å². The van der Waals surface area contributed by atoms with Crippen LogP contribution in [-0.4, -0.2) is 37.3 Å². The van der Waals surface area contributed by atoms with Crippen molar-refractivity contribution in [2.45, 2.75) is 12.8 Å². The lowest BCUT2D eigenvalue weighted by Gasteiger charge is -2.07. The van der Waals surface area contributed by atoms with Crippen molar-refractivity contribution in [1.29, 1.82) is 0 Å². The van der Waals surface area contributed by atoms with Gasteiger partial charge in [-0.1, -0.05) is 11.6 Å². The molecule has 8 heteroatoms. The average molecular weight is 404 g/mol. The van der Waals surface area contributed by atoms with Crippen molar-refractivity contribution in [1.82, 2.24) is 0 Å². The van der Waals surface area contributed by atoms with Crippen molar-refractivity contribution in [3.63, 3.8) is 0 Å². The van der Waals surface area contributed by atoms with Gasteiger partial charge < -0.3 is 14.8 Å². The van der Waals surface area contributed by atoms with E-state index in [0.717, 1.165) is 0 Å². The molecule has 0 atom stereocenters. The minimum absolute atomic E-state index is 0.0307. The number of ketones is 1. The first-order chi connectivity index (χ1) is 13.4. The topological polar surface area (TPSA) is 98.8 Å². The number of anilines is 1. The number of hydrogen-bond donors (Lipinski definition) is 1. The fourth-order valence-corrected chi connectivity index (χ4v) is 2.34. The van der Waals surface area contributed by atoms with Crippen molar-refractivity contribution in [2.24, 2.45) is 0 Å². The third kappa shape index (κ3) is 6.51. The third-order valence-corrected chi connectivity index (χ3v) is 3.93. The third-order valence-electron chi connectivity index (χ3n) is 3.68. The summed E-state index contributed by atoms with van der Waals surface area (Å²) in [6.07, 6.45) is -0.167. The van der Waals surface area contributed by atoms with Crippen LogP contribution in [0.15, 0.2) is 48.5 Å². The number of benzene rings is 2. The van der Waals surface area contributed by atoms with Crippen LogP contribution in [0.1, 0.15) is 33.6 Å². The van der Waals surface area contributed by atoms with Crippen LogP contribution in [0.4, 0.5) is 5.69 Å². The van der Waals surface area contributed by atoms with E-state index in [-0.39, 0.29) is 18.6 Å². The number of rotatable bonds is 8. The molecule has 0 aliphatic rings. The Balaban J connectivity index is 1.73. The van der Waals surface area contributed by atoms with E-state index in [1.165, 1.54) is 31.4 Å². The number of carbonyl (C=O) groups excluding carboxylic acids is 4. The molecular weight excluding hydrogens is 386 g/mol. The molecule has 0 aromatic heterocycles.